The van der Waals surface area contributed by atoms with Gasteiger partial charge in [-0.05, 0) is 31.2 Å². The van der Waals surface area contributed by atoms with E-state index in [9.17, 15) is 4.79 Å². The van der Waals surface area contributed by atoms with Crippen LogP contribution in [0, 0.1) is 0 Å². The molecule has 6 heteroatoms. The zero-order valence-electron chi connectivity index (χ0n) is 16.1. The van der Waals surface area contributed by atoms with Crippen molar-refractivity contribution in [1.82, 2.24) is 9.88 Å². The molecule has 0 bridgehead atoms. The fourth-order valence-corrected chi connectivity index (χ4v) is 4.56. The monoisotopic (exact) mass is 395 g/mol. The number of amides is 1. The molecule has 1 saturated heterocycles. The Bertz CT molecular complexity index is 915. The van der Waals surface area contributed by atoms with E-state index in [1.165, 1.54) is 4.70 Å². The van der Waals surface area contributed by atoms with Crippen molar-refractivity contribution >= 4 is 33.1 Å². The van der Waals surface area contributed by atoms with E-state index >= 15 is 0 Å². The maximum absolute atomic E-state index is 12.7. The van der Waals surface area contributed by atoms with Gasteiger partial charge in [-0.3, -0.25) is 4.79 Å². The van der Waals surface area contributed by atoms with Gasteiger partial charge in [0.1, 0.15) is 5.75 Å². The van der Waals surface area contributed by atoms with Gasteiger partial charge < -0.3 is 14.5 Å². The molecule has 146 valence electrons. The maximum Gasteiger partial charge on any atom is 0.223 e. The van der Waals surface area contributed by atoms with Crippen LogP contribution in [0.4, 0.5) is 5.69 Å². The van der Waals surface area contributed by atoms with Gasteiger partial charge in [-0.25, -0.2) is 4.98 Å². The molecule has 2 heterocycles. The van der Waals surface area contributed by atoms with Crippen LogP contribution < -0.4 is 9.64 Å². The Morgan fingerprint density at radius 3 is 2.61 bits per heavy atom. The molecule has 1 aliphatic rings. The van der Waals surface area contributed by atoms with E-state index in [-0.39, 0.29) is 5.91 Å². The fourth-order valence-electron chi connectivity index (χ4n) is 3.59. The number of aryl methyl sites for hydroxylation is 1. The second kappa shape index (κ2) is 8.61. The summed E-state index contributed by atoms with van der Waals surface area (Å²) in [6.45, 7) is 5.81. The highest BCUT2D eigenvalue weighted by atomic mass is 32.1. The summed E-state index contributed by atoms with van der Waals surface area (Å²) < 4.78 is 6.94. The van der Waals surface area contributed by atoms with Crippen LogP contribution >= 0.6 is 11.3 Å². The van der Waals surface area contributed by atoms with Gasteiger partial charge >= 0.3 is 0 Å². The lowest BCUT2D eigenvalue weighted by Crippen LogP contribution is -2.49. The highest BCUT2D eigenvalue weighted by Gasteiger charge is 2.23. The standard InChI is InChI=1S/C22H25N3O2S/c1-2-27-19-9-5-4-8-18(19)24-13-15-25(16-14-24)22(26)12-11-21-23-17-7-3-6-10-20(17)28-21/h3-10H,2,11-16H2,1H3. The number of benzene rings is 2. The van der Waals surface area contributed by atoms with E-state index in [0.717, 1.165) is 48.1 Å². The van der Waals surface area contributed by atoms with E-state index in [0.29, 0.717) is 19.4 Å². The minimum atomic E-state index is 0.219. The molecule has 0 aliphatic carbocycles. The molecular formula is C22H25N3O2S. The lowest BCUT2D eigenvalue weighted by Gasteiger charge is -2.36. The second-order valence-electron chi connectivity index (χ2n) is 6.84. The molecule has 0 unspecified atom stereocenters. The first-order valence-corrected chi connectivity index (χ1v) is 10.6. The van der Waals surface area contributed by atoms with Crippen LogP contribution in [0.2, 0.25) is 0 Å². The number of carbonyl (C=O) groups excluding carboxylic acids is 1. The summed E-state index contributed by atoms with van der Waals surface area (Å²) in [5, 5.41) is 1.04. The minimum absolute atomic E-state index is 0.219. The zero-order chi connectivity index (χ0) is 19.3. The van der Waals surface area contributed by atoms with Crippen LogP contribution in [0.25, 0.3) is 10.2 Å². The molecule has 1 aliphatic heterocycles. The van der Waals surface area contributed by atoms with Crippen LogP contribution in [0.5, 0.6) is 5.75 Å². The van der Waals surface area contributed by atoms with Gasteiger partial charge in [0.2, 0.25) is 5.91 Å². The molecule has 0 saturated carbocycles. The van der Waals surface area contributed by atoms with Gasteiger partial charge in [-0.15, -0.1) is 11.3 Å². The van der Waals surface area contributed by atoms with Crippen molar-refractivity contribution in [2.75, 3.05) is 37.7 Å². The van der Waals surface area contributed by atoms with Gasteiger partial charge in [0.05, 0.1) is 27.5 Å². The van der Waals surface area contributed by atoms with E-state index in [4.69, 9.17) is 4.74 Å². The SMILES string of the molecule is CCOc1ccccc1N1CCN(C(=O)CCc2nc3ccccc3s2)CC1. The molecular weight excluding hydrogens is 370 g/mol. The number of piperazine rings is 1. The molecule has 2 aromatic carbocycles. The minimum Gasteiger partial charge on any atom is -0.492 e. The summed E-state index contributed by atoms with van der Waals surface area (Å²) in [6, 6.07) is 16.3. The maximum atomic E-state index is 12.7. The van der Waals surface area contributed by atoms with Crippen molar-refractivity contribution < 1.29 is 9.53 Å². The number of anilines is 1. The molecule has 0 atom stereocenters. The molecule has 0 spiro atoms. The normalized spacial score (nSPS) is 14.5. The second-order valence-corrected chi connectivity index (χ2v) is 7.96. The smallest absolute Gasteiger partial charge is 0.223 e. The molecule has 0 radical (unpaired) electrons. The molecule has 5 nitrogen and oxygen atoms in total. The van der Waals surface area contributed by atoms with Crippen molar-refractivity contribution in [3.05, 3.63) is 53.5 Å². The van der Waals surface area contributed by atoms with Crippen LogP contribution in [-0.2, 0) is 11.2 Å². The molecule has 1 aromatic heterocycles. The number of para-hydroxylation sites is 3. The van der Waals surface area contributed by atoms with Gasteiger partial charge in [-0.1, -0.05) is 24.3 Å². The summed E-state index contributed by atoms with van der Waals surface area (Å²) in [6.07, 6.45) is 1.24. The third kappa shape index (κ3) is 4.12. The summed E-state index contributed by atoms with van der Waals surface area (Å²) in [5.41, 5.74) is 2.14. The van der Waals surface area contributed by atoms with Gasteiger partial charge in [0.25, 0.3) is 0 Å². The summed E-state index contributed by atoms with van der Waals surface area (Å²) in [5.74, 6) is 1.14. The van der Waals surface area contributed by atoms with Crippen molar-refractivity contribution in [3.63, 3.8) is 0 Å². The first kappa shape index (κ1) is 18.7. The third-order valence-corrected chi connectivity index (χ3v) is 6.13. The van der Waals surface area contributed by atoms with E-state index < -0.39 is 0 Å². The summed E-state index contributed by atoms with van der Waals surface area (Å²) in [4.78, 5) is 21.6. The molecule has 4 rings (SSSR count). The molecule has 1 fully saturated rings. The number of fused-ring (bicyclic) bond motifs is 1. The Kier molecular flexibility index (Phi) is 5.76. The molecule has 28 heavy (non-hydrogen) atoms. The number of ether oxygens (including phenoxy) is 1. The highest BCUT2D eigenvalue weighted by Crippen LogP contribution is 2.29. The first-order valence-electron chi connectivity index (χ1n) is 9.83. The van der Waals surface area contributed by atoms with Crippen LogP contribution in [0.1, 0.15) is 18.4 Å². The molecule has 0 N–H and O–H groups in total. The molecule has 1 amide bonds. The number of thiazole rings is 1. The Morgan fingerprint density at radius 1 is 1.07 bits per heavy atom. The van der Waals surface area contributed by atoms with Crippen LogP contribution in [0.15, 0.2) is 48.5 Å². The lowest BCUT2D eigenvalue weighted by molar-refractivity contribution is -0.131. The summed E-state index contributed by atoms with van der Waals surface area (Å²) >= 11 is 1.69. The van der Waals surface area contributed by atoms with Crippen LogP contribution in [0.3, 0.4) is 0 Å². The first-order chi connectivity index (χ1) is 13.7. The Labute approximate surface area is 169 Å². The number of aromatic nitrogens is 1. The fraction of sp³-hybridized carbons (Fsp3) is 0.364. The van der Waals surface area contributed by atoms with Crippen molar-refractivity contribution in [2.45, 2.75) is 19.8 Å². The largest absolute Gasteiger partial charge is 0.492 e. The average Bonchev–Trinajstić information content (AvgIpc) is 3.16. The van der Waals surface area contributed by atoms with Crippen molar-refractivity contribution in [2.24, 2.45) is 0 Å². The third-order valence-electron chi connectivity index (χ3n) is 5.03. The highest BCUT2D eigenvalue weighted by molar-refractivity contribution is 7.18. The zero-order valence-corrected chi connectivity index (χ0v) is 17.0. The average molecular weight is 396 g/mol. The lowest BCUT2D eigenvalue weighted by atomic mass is 10.2. The topological polar surface area (TPSA) is 45.7 Å². The van der Waals surface area contributed by atoms with Crippen LogP contribution in [-0.4, -0.2) is 48.6 Å². The quantitative estimate of drug-likeness (QED) is 0.633. The Balaban J connectivity index is 1.31. The number of rotatable bonds is 6. The van der Waals surface area contributed by atoms with Crippen molar-refractivity contribution in [1.29, 1.82) is 0 Å². The summed E-state index contributed by atoms with van der Waals surface area (Å²) in [7, 11) is 0. The van der Waals surface area contributed by atoms with E-state index in [2.05, 4.69) is 22.0 Å². The van der Waals surface area contributed by atoms with Gasteiger partial charge in [0, 0.05) is 39.0 Å². The predicted molar refractivity (Wildman–Crippen MR) is 114 cm³/mol. The number of hydrogen-bond donors (Lipinski definition) is 0. The van der Waals surface area contributed by atoms with E-state index in [1.807, 2.05) is 48.2 Å². The number of nitrogens with zero attached hydrogens (tertiary/aromatic N) is 3. The molecule has 3 aromatic rings. The predicted octanol–water partition coefficient (Wildman–Crippen LogP) is 3.98. The number of hydrogen-bond acceptors (Lipinski definition) is 5. The van der Waals surface area contributed by atoms with Gasteiger partial charge in [0.15, 0.2) is 0 Å². The van der Waals surface area contributed by atoms with E-state index in [1.54, 1.807) is 11.3 Å². The van der Waals surface area contributed by atoms with Crippen molar-refractivity contribution in [3.8, 4) is 5.75 Å². The van der Waals surface area contributed by atoms with Gasteiger partial charge in [-0.2, -0.15) is 0 Å². The number of carbonyl (C=O) groups is 1. The Morgan fingerprint density at radius 2 is 1.82 bits per heavy atom. The Hall–Kier alpha value is -2.60.